The van der Waals surface area contributed by atoms with Crippen LogP contribution in [0.25, 0.3) is 21.8 Å². The summed E-state index contributed by atoms with van der Waals surface area (Å²) in [5.41, 5.74) is 7.14. The van der Waals surface area contributed by atoms with E-state index in [0.29, 0.717) is 12.2 Å². The van der Waals surface area contributed by atoms with Gasteiger partial charge >= 0.3 is 5.97 Å². The lowest BCUT2D eigenvalue weighted by Gasteiger charge is -2.42. The number of ether oxygens (including phenoxy) is 1. The largest absolute Gasteiger partial charge is 0.462 e. The zero-order chi connectivity index (χ0) is 22.4. The SMILES string of the molecule is CCOC(=O)c1ccc(-c2nc(-c3ccc4c(c3)C(C)(C)CCC4(C)C)c(C)s2)cc1. The second kappa shape index (κ2) is 7.90. The smallest absolute Gasteiger partial charge is 0.338 e. The fraction of sp³-hybridized carbons (Fsp3) is 0.407. The third kappa shape index (κ3) is 4.06. The van der Waals surface area contributed by atoms with Crippen LogP contribution < -0.4 is 0 Å². The van der Waals surface area contributed by atoms with Gasteiger partial charge in [0.2, 0.25) is 0 Å². The maximum Gasteiger partial charge on any atom is 0.338 e. The molecule has 0 aliphatic heterocycles. The van der Waals surface area contributed by atoms with E-state index >= 15 is 0 Å². The summed E-state index contributed by atoms with van der Waals surface area (Å²) in [5, 5.41) is 0.972. The Hall–Kier alpha value is -2.46. The highest BCUT2D eigenvalue weighted by atomic mass is 32.1. The molecule has 0 amide bonds. The lowest BCUT2D eigenvalue weighted by Crippen LogP contribution is -2.33. The Labute approximate surface area is 189 Å². The van der Waals surface area contributed by atoms with E-state index in [0.717, 1.165) is 16.3 Å². The van der Waals surface area contributed by atoms with Gasteiger partial charge in [0.15, 0.2) is 0 Å². The van der Waals surface area contributed by atoms with Gasteiger partial charge in [-0.3, -0.25) is 0 Å². The van der Waals surface area contributed by atoms with Gasteiger partial charge in [0.05, 0.1) is 17.9 Å². The summed E-state index contributed by atoms with van der Waals surface area (Å²) in [6.45, 7) is 13.8. The first-order valence-electron chi connectivity index (χ1n) is 11.0. The van der Waals surface area contributed by atoms with Gasteiger partial charge in [0.1, 0.15) is 5.01 Å². The van der Waals surface area contributed by atoms with E-state index in [1.54, 1.807) is 11.3 Å². The molecule has 0 N–H and O–H groups in total. The number of thiazole rings is 1. The van der Waals surface area contributed by atoms with Crippen molar-refractivity contribution in [3.05, 3.63) is 64.0 Å². The fourth-order valence-corrected chi connectivity index (χ4v) is 5.43. The third-order valence-electron chi connectivity index (χ3n) is 6.57. The van der Waals surface area contributed by atoms with Crippen LogP contribution in [0.3, 0.4) is 0 Å². The molecule has 0 spiro atoms. The summed E-state index contributed by atoms with van der Waals surface area (Å²) in [5.74, 6) is -0.287. The lowest BCUT2D eigenvalue weighted by atomic mass is 9.63. The summed E-state index contributed by atoms with van der Waals surface area (Å²) in [7, 11) is 0. The first-order valence-corrected chi connectivity index (χ1v) is 11.8. The van der Waals surface area contributed by atoms with Crippen LogP contribution in [0.2, 0.25) is 0 Å². The average Bonchev–Trinajstić information content (AvgIpc) is 3.13. The van der Waals surface area contributed by atoms with Crippen LogP contribution in [-0.2, 0) is 15.6 Å². The van der Waals surface area contributed by atoms with Crippen molar-refractivity contribution in [2.45, 2.75) is 65.2 Å². The molecule has 2 aromatic carbocycles. The number of aromatic nitrogens is 1. The molecule has 0 fully saturated rings. The lowest BCUT2D eigenvalue weighted by molar-refractivity contribution is 0.0526. The van der Waals surface area contributed by atoms with E-state index in [1.807, 2.05) is 31.2 Å². The minimum atomic E-state index is -0.287. The molecule has 4 heteroatoms. The minimum Gasteiger partial charge on any atom is -0.462 e. The van der Waals surface area contributed by atoms with Crippen molar-refractivity contribution < 1.29 is 9.53 Å². The number of hydrogen-bond donors (Lipinski definition) is 0. The van der Waals surface area contributed by atoms with Crippen molar-refractivity contribution in [1.29, 1.82) is 0 Å². The van der Waals surface area contributed by atoms with E-state index < -0.39 is 0 Å². The summed E-state index contributed by atoms with van der Waals surface area (Å²) >= 11 is 1.70. The number of rotatable bonds is 4. The molecule has 3 nitrogen and oxygen atoms in total. The van der Waals surface area contributed by atoms with Gasteiger partial charge < -0.3 is 4.74 Å². The molecule has 1 aliphatic carbocycles. The van der Waals surface area contributed by atoms with E-state index in [1.165, 1.54) is 34.4 Å². The molecule has 0 bridgehead atoms. The molecule has 0 saturated heterocycles. The van der Waals surface area contributed by atoms with E-state index in [2.05, 4.69) is 52.8 Å². The summed E-state index contributed by atoms with van der Waals surface area (Å²) in [6, 6.07) is 14.4. The highest BCUT2D eigenvalue weighted by Gasteiger charge is 2.37. The molecule has 162 valence electrons. The Morgan fingerprint density at radius 3 is 2.23 bits per heavy atom. The van der Waals surface area contributed by atoms with Gasteiger partial charge in [-0.2, -0.15) is 0 Å². The molecule has 0 radical (unpaired) electrons. The Bertz CT molecular complexity index is 1120. The van der Waals surface area contributed by atoms with Crippen LogP contribution >= 0.6 is 11.3 Å². The maximum absolute atomic E-state index is 11.9. The molecule has 0 saturated carbocycles. The Kier molecular flexibility index (Phi) is 5.55. The van der Waals surface area contributed by atoms with Crippen molar-refractivity contribution in [3.8, 4) is 21.8 Å². The number of esters is 1. The molecule has 1 aliphatic rings. The molecule has 1 aromatic heterocycles. The third-order valence-corrected chi connectivity index (χ3v) is 7.59. The predicted octanol–water partition coefficient (Wildman–Crippen LogP) is 7.31. The summed E-state index contributed by atoms with van der Waals surface area (Å²) in [4.78, 5) is 18.1. The monoisotopic (exact) mass is 433 g/mol. The van der Waals surface area contributed by atoms with E-state index in [-0.39, 0.29) is 16.8 Å². The Balaban J connectivity index is 1.70. The van der Waals surface area contributed by atoms with Gasteiger partial charge in [-0.1, -0.05) is 52.0 Å². The number of aryl methyl sites for hydroxylation is 1. The van der Waals surface area contributed by atoms with Crippen molar-refractivity contribution in [2.75, 3.05) is 6.61 Å². The minimum absolute atomic E-state index is 0.177. The Morgan fingerprint density at radius 1 is 0.968 bits per heavy atom. The summed E-state index contributed by atoms with van der Waals surface area (Å²) in [6.07, 6.45) is 2.42. The maximum atomic E-state index is 11.9. The molecule has 3 aromatic rings. The molecule has 4 rings (SSSR count). The van der Waals surface area contributed by atoms with Gasteiger partial charge in [-0.05, 0) is 66.8 Å². The normalized spacial score (nSPS) is 16.6. The Morgan fingerprint density at radius 2 is 1.58 bits per heavy atom. The number of carbonyl (C=O) groups is 1. The first-order chi connectivity index (χ1) is 14.6. The van der Waals surface area contributed by atoms with E-state index in [4.69, 9.17) is 9.72 Å². The number of hydrogen-bond acceptors (Lipinski definition) is 4. The average molecular weight is 434 g/mol. The van der Waals surface area contributed by atoms with Crippen LogP contribution in [0.1, 0.15) is 73.8 Å². The number of benzene rings is 2. The van der Waals surface area contributed by atoms with Crippen molar-refractivity contribution in [3.63, 3.8) is 0 Å². The molecule has 0 unspecified atom stereocenters. The van der Waals surface area contributed by atoms with Crippen LogP contribution in [0.4, 0.5) is 0 Å². The predicted molar refractivity (Wildman–Crippen MR) is 129 cm³/mol. The van der Waals surface area contributed by atoms with Crippen LogP contribution in [0.15, 0.2) is 42.5 Å². The molecule has 1 heterocycles. The highest BCUT2D eigenvalue weighted by Crippen LogP contribution is 2.47. The second-order valence-corrected chi connectivity index (χ2v) is 11.0. The topological polar surface area (TPSA) is 39.2 Å². The standard InChI is InChI=1S/C27H31NO2S/c1-7-30-25(29)19-10-8-18(9-11-19)24-28-23(17(2)31-24)20-12-13-21-22(16-20)27(5,6)15-14-26(21,3)4/h8-13,16H,7,14-15H2,1-6H3. The number of fused-ring (bicyclic) bond motifs is 1. The second-order valence-electron chi connectivity index (χ2n) is 9.75. The first kappa shape index (κ1) is 21.8. The van der Waals surface area contributed by atoms with Crippen LogP contribution in [-0.4, -0.2) is 17.6 Å². The number of nitrogens with zero attached hydrogens (tertiary/aromatic N) is 1. The van der Waals surface area contributed by atoms with Gasteiger partial charge in [-0.15, -0.1) is 11.3 Å². The van der Waals surface area contributed by atoms with Crippen LogP contribution in [0.5, 0.6) is 0 Å². The molecular weight excluding hydrogens is 402 g/mol. The highest BCUT2D eigenvalue weighted by molar-refractivity contribution is 7.15. The fourth-order valence-electron chi connectivity index (χ4n) is 4.49. The molecule has 31 heavy (non-hydrogen) atoms. The van der Waals surface area contributed by atoms with Crippen molar-refractivity contribution in [2.24, 2.45) is 0 Å². The van der Waals surface area contributed by atoms with Gasteiger partial charge in [-0.25, -0.2) is 9.78 Å². The zero-order valence-electron chi connectivity index (χ0n) is 19.3. The summed E-state index contributed by atoms with van der Waals surface area (Å²) < 4.78 is 5.08. The van der Waals surface area contributed by atoms with Crippen molar-refractivity contribution in [1.82, 2.24) is 4.98 Å². The van der Waals surface area contributed by atoms with Gasteiger partial charge in [0.25, 0.3) is 0 Å². The van der Waals surface area contributed by atoms with Crippen LogP contribution in [0, 0.1) is 6.92 Å². The van der Waals surface area contributed by atoms with Crippen molar-refractivity contribution >= 4 is 17.3 Å². The van der Waals surface area contributed by atoms with E-state index in [9.17, 15) is 4.79 Å². The quantitative estimate of drug-likeness (QED) is 0.405. The number of carbonyl (C=O) groups excluding carboxylic acids is 1. The molecular formula is C27H31NO2S. The van der Waals surface area contributed by atoms with Gasteiger partial charge in [0, 0.05) is 16.0 Å². The molecule has 0 atom stereocenters. The zero-order valence-corrected chi connectivity index (χ0v) is 20.2.